The molecule has 2 aliphatic rings. The number of nitrogens with zero attached hydrogens (tertiary/aromatic N) is 1. The van der Waals surface area contributed by atoms with Crippen molar-refractivity contribution in [2.75, 3.05) is 25.3 Å². The number of ketones is 1. The number of methoxy groups -OCH3 is 2. The van der Waals surface area contributed by atoms with Crippen molar-refractivity contribution in [3.63, 3.8) is 0 Å². The molecule has 7 nitrogen and oxygen atoms in total. The molecule has 0 amide bonds. The zero-order valence-electron chi connectivity index (χ0n) is 20.7. The summed E-state index contributed by atoms with van der Waals surface area (Å²) in [5, 5.41) is 3.97. The minimum absolute atomic E-state index is 0.0546. The maximum Gasteiger partial charge on any atom is 0.257 e. The van der Waals surface area contributed by atoms with Gasteiger partial charge in [-0.1, -0.05) is 45.5 Å². The molecule has 1 aromatic heterocycles. The molecule has 0 unspecified atom stereocenters. The van der Waals surface area contributed by atoms with Crippen molar-refractivity contribution < 1.29 is 14.3 Å². The lowest BCUT2D eigenvalue weighted by Crippen LogP contribution is -2.37. The molecule has 8 heteroatoms. The number of Topliss-reactive ketones (excluding diaryl/α,β-unsaturated/α-hetero) is 1. The highest BCUT2D eigenvalue weighted by Crippen LogP contribution is 2.48. The lowest BCUT2D eigenvalue weighted by Gasteiger charge is -2.38. The number of thioether (sulfide) groups is 1. The van der Waals surface area contributed by atoms with Gasteiger partial charge in [0.25, 0.3) is 5.56 Å². The van der Waals surface area contributed by atoms with E-state index in [1.807, 2.05) is 18.2 Å². The average molecular weight is 484 g/mol. The van der Waals surface area contributed by atoms with Crippen LogP contribution in [-0.4, -0.2) is 35.7 Å². The van der Waals surface area contributed by atoms with Gasteiger partial charge in [-0.15, -0.1) is 0 Å². The Morgan fingerprint density at radius 3 is 2.56 bits per heavy atom. The lowest BCUT2D eigenvalue weighted by molar-refractivity contribution is -0.118. The normalized spacial score (nSPS) is 18.9. The number of fused-ring (bicyclic) bond motifs is 1. The number of rotatable bonds is 7. The van der Waals surface area contributed by atoms with Gasteiger partial charge in [-0.25, -0.2) is 4.98 Å². The van der Waals surface area contributed by atoms with Crippen molar-refractivity contribution in [3.05, 3.63) is 50.9 Å². The largest absolute Gasteiger partial charge is 0.493 e. The Morgan fingerprint density at radius 1 is 1.15 bits per heavy atom. The van der Waals surface area contributed by atoms with E-state index in [0.29, 0.717) is 52.4 Å². The van der Waals surface area contributed by atoms with E-state index in [2.05, 4.69) is 38.0 Å². The van der Waals surface area contributed by atoms with Crippen LogP contribution in [0.2, 0.25) is 0 Å². The molecule has 182 valence electrons. The number of anilines is 1. The highest BCUT2D eigenvalue weighted by molar-refractivity contribution is 7.99. The summed E-state index contributed by atoms with van der Waals surface area (Å²) >= 11 is 1.55. The van der Waals surface area contributed by atoms with E-state index < -0.39 is 5.92 Å². The number of benzene rings is 1. The van der Waals surface area contributed by atoms with Gasteiger partial charge in [0, 0.05) is 29.4 Å². The molecule has 1 aliphatic heterocycles. The third-order valence-electron chi connectivity index (χ3n) is 6.38. The first-order chi connectivity index (χ1) is 16.1. The number of carbonyl (C=O) groups excluding carboxylic acids is 1. The first-order valence-corrected chi connectivity index (χ1v) is 12.6. The summed E-state index contributed by atoms with van der Waals surface area (Å²) in [5.74, 6) is 2.65. The first-order valence-electron chi connectivity index (χ1n) is 11.7. The van der Waals surface area contributed by atoms with Crippen LogP contribution in [0.15, 0.2) is 39.4 Å². The quantitative estimate of drug-likeness (QED) is 0.417. The third-order valence-corrected chi connectivity index (χ3v) is 7.28. The molecule has 0 saturated heterocycles. The van der Waals surface area contributed by atoms with Crippen LogP contribution in [0.1, 0.15) is 64.0 Å². The summed E-state index contributed by atoms with van der Waals surface area (Å²) < 4.78 is 10.9. The van der Waals surface area contributed by atoms with E-state index >= 15 is 0 Å². The minimum atomic E-state index is -0.527. The summed E-state index contributed by atoms with van der Waals surface area (Å²) in [4.78, 5) is 34.6. The number of ether oxygens (including phenoxy) is 2. The summed E-state index contributed by atoms with van der Waals surface area (Å²) in [6.45, 7) is 8.54. The number of carbonyl (C=O) groups is 1. The highest BCUT2D eigenvalue weighted by atomic mass is 32.2. The maximum absolute atomic E-state index is 13.4. The zero-order valence-corrected chi connectivity index (χ0v) is 21.5. The van der Waals surface area contributed by atoms with E-state index in [4.69, 9.17) is 14.5 Å². The maximum atomic E-state index is 13.4. The van der Waals surface area contributed by atoms with Crippen molar-refractivity contribution >= 4 is 23.4 Å². The van der Waals surface area contributed by atoms with Crippen molar-refractivity contribution in [1.29, 1.82) is 0 Å². The molecular weight excluding hydrogens is 450 g/mol. The Morgan fingerprint density at radius 2 is 1.88 bits per heavy atom. The van der Waals surface area contributed by atoms with Crippen LogP contribution in [0, 0.1) is 11.3 Å². The molecule has 2 aromatic rings. The van der Waals surface area contributed by atoms with Crippen LogP contribution < -0.4 is 20.3 Å². The van der Waals surface area contributed by atoms with Crippen molar-refractivity contribution in [1.82, 2.24) is 9.97 Å². The van der Waals surface area contributed by atoms with E-state index in [0.717, 1.165) is 23.4 Å². The monoisotopic (exact) mass is 483 g/mol. The number of H-pyrrole nitrogens is 1. The third kappa shape index (κ3) is 4.73. The molecule has 0 bridgehead atoms. The van der Waals surface area contributed by atoms with Gasteiger partial charge < -0.3 is 19.8 Å². The van der Waals surface area contributed by atoms with Crippen LogP contribution in [0.3, 0.4) is 0 Å². The number of allylic oxidation sites excluding steroid dienone is 2. The topological polar surface area (TPSA) is 93.3 Å². The Labute approximate surface area is 204 Å². The second-order valence-electron chi connectivity index (χ2n) is 10.2. The molecule has 0 radical (unpaired) electrons. The SMILES string of the molecule is COc1ccc([C@@H]2C3=C(CC(C)(C)CC3=O)Nc3nc(SCCC(C)C)[nH]c(=O)c32)cc1OC. The molecule has 1 aliphatic carbocycles. The van der Waals surface area contributed by atoms with Gasteiger partial charge in [0.05, 0.1) is 19.8 Å². The van der Waals surface area contributed by atoms with Gasteiger partial charge in [0.15, 0.2) is 22.4 Å². The Balaban J connectivity index is 1.86. The van der Waals surface area contributed by atoms with E-state index in [9.17, 15) is 9.59 Å². The predicted molar refractivity (Wildman–Crippen MR) is 135 cm³/mol. The average Bonchev–Trinajstić information content (AvgIpc) is 2.76. The molecule has 0 saturated carbocycles. The summed E-state index contributed by atoms with van der Waals surface area (Å²) in [7, 11) is 3.16. The van der Waals surface area contributed by atoms with Gasteiger partial charge in [0.2, 0.25) is 0 Å². The van der Waals surface area contributed by atoms with Gasteiger partial charge in [-0.2, -0.15) is 0 Å². The van der Waals surface area contributed by atoms with E-state index in [1.165, 1.54) is 0 Å². The number of aromatic amines is 1. The van der Waals surface area contributed by atoms with E-state index in [1.54, 1.807) is 26.0 Å². The summed E-state index contributed by atoms with van der Waals surface area (Å²) in [6, 6.07) is 5.55. The van der Waals surface area contributed by atoms with Crippen molar-refractivity contribution in [3.8, 4) is 11.5 Å². The zero-order chi connectivity index (χ0) is 24.6. The molecule has 2 N–H and O–H groups in total. The Hall–Kier alpha value is -2.74. The fourth-order valence-electron chi connectivity index (χ4n) is 4.72. The smallest absolute Gasteiger partial charge is 0.257 e. The molecule has 34 heavy (non-hydrogen) atoms. The van der Waals surface area contributed by atoms with E-state index in [-0.39, 0.29) is 16.8 Å². The predicted octanol–water partition coefficient (Wildman–Crippen LogP) is 5.13. The van der Waals surface area contributed by atoms with Crippen molar-refractivity contribution in [2.45, 2.75) is 58.0 Å². The molecule has 4 rings (SSSR count). The molecule has 1 atom stereocenters. The van der Waals surface area contributed by atoms with Gasteiger partial charge >= 0.3 is 0 Å². The molecule has 0 spiro atoms. The molecular formula is C26H33N3O4S. The standard InChI is InChI=1S/C26H33N3O4S/c1-14(2)9-10-34-25-28-23-22(24(31)29-25)20(15-7-8-18(32-5)19(11-15)33-6)21-16(27-23)12-26(3,4)13-17(21)30/h7-8,11,14,20H,9-10,12-13H2,1-6H3,(H2,27,28,29,31)/t20-/m1/s1. The number of hydrogen-bond acceptors (Lipinski definition) is 7. The van der Waals surface area contributed by atoms with Crippen LogP contribution in [-0.2, 0) is 4.79 Å². The van der Waals surface area contributed by atoms with Gasteiger partial charge in [0.1, 0.15) is 5.82 Å². The number of nitrogens with one attached hydrogen (secondary N) is 2. The molecule has 2 heterocycles. The summed E-state index contributed by atoms with van der Waals surface area (Å²) in [6.07, 6.45) is 2.17. The van der Waals surface area contributed by atoms with Crippen molar-refractivity contribution in [2.24, 2.45) is 11.3 Å². The fourth-order valence-corrected chi connectivity index (χ4v) is 5.82. The summed E-state index contributed by atoms with van der Waals surface area (Å²) in [5.41, 5.74) is 2.36. The van der Waals surface area contributed by atoms with Crippen LogP contribution in [0.5, 0.6) is 11.5 Å². The lowest BCUT2D eigenvalue weighted by atomic mass is 9.69. The van der Waals surface area contributed by atoms with Gasteiger partial charge in [-0.05, 0) is 41.9 Å². The molecule has 0 fully saturated rings. The Bertz CT molecular complexity index is 1200. The number of aromatic nitrogens is 2. The van der Waals surface area contributed by atoms with Crippen LogP contribution in [0.4, 0.5) is 5.82 Å². The van der Waals surface area contributed by atoms with Crippen LogP contribution >= 0.6 is 11.8 Å². The highest BCUT2D eigenvalue weighted by Gasteiger charge is 2.42. The first kappa shape index (κ1) is 24.4. The second-order valence-corrected chi connectivity index (χ2v) is 11.3. The molecule has 1 aromatic carbocycles. The van der Waals surface area contributed by atoms with Crippen LogP contribution in [0.25, 0.3) is 0 Å². The fraction of sp³-hybridized carbons (Fsp3) is 0.500. The minimum Gasteiger partial charge on any atom is -0.493 e. The number of hydrogen-bond donors (Lipinski definition) is 2. The Kier molecular flexibility index (Phi) is 6.80. The van der Waals surface area contributed by atoms with Gasteiger partial charge in [-0.3, -0.25) is 9.59 Å². The second kappa shape index (κ2) is 9.49.